The fourth-order valence-corrected chi connectivity index (χ4v) is 6.31. The first-order valence-corrected chi connectivity index (χ1v) is 15.5. The minimum absolute atomic E-state index is 0.0648. The third kappa shape index (κ3) is 4.97. The standard InChI is InChI=1S/C20H20FN9O12P2/c21-10-13-9(40-19(10)29-5-25-11-14(29)23-4-24-16(11)31)3-38-43(33,34)41-8-1-7(2-37-44(35,36)42-13)39-18(8)30-6-26-12-15(30)27-20(22)28-17(12)32/h2,6,11,14,23,25,33-36H,1,3-5H2,(H2-2,22,24,27,28,31,32)/p+2/b7-2+/t11-,14?/m0/s1. The number of hydrogen-bond donors (Lipinski definition) is 9. The number of ether oxygens (including phenoxy) is 1. The molecule has 2 bridgehead atoms. The molecule has 7 rings (SSSR count). The second-order valence-electron chi connectivity index (χ2n) is 9.52. The zero-order chi connectivity index (χ0) is 31.0. The molecule has 4 aliphatic heterocycles. The number of anilines is 2. The van der Waals surface area contributed by atoms with Crippen molar-refractivity contribution in [2.24, 2.45) is 0 Å². The third-order valence-electron chi connectivity index (χ3n) is 6.68. The number of aromatic nitrogens is 4. The molecule has 24 heteroatoms. The highest BCUT2D eigenvalue weighted by molar-refractivity contribution is 7.55. The summed E-state index contributed by atoms with van der Waals surface area (Å²) in [6, 6.07) is -0.773. The summed E-state index contributed by atoms with van der Waals surface area (Å²) in [6.07, 6.45) is 0.717. The number of imidazole rings is 1. The number of carbonyl (C=O) groups is 1. The van der Waals surface area contributed by atoms with Gasteiger partial charge in [0.15, 0.2) is 35.6 Å². The van der Waals surface area contributed by atoms with Crippen LogP contribution >= 0.6 is 16.3 Å². The number of hydrogen-bond acceptors (Lipinski definition) is 18. The van der Waals surface area contributed by atoms with Gasteiger partial charge in [-0.1, -0.05) is 0 Å². The van der Waals surface area contributed by atoms with Gasteiger partial charge in [0.05, 0.1) is 19.8 Å². The molecule has 234 valence electrons. The van der Waals surface area contributed by atoms with Crippen LogP contribution in [0.4, 0.5) is 16.2 Å². The number of carbonyl (C=O) groups excluding carboxylic acids is 1. The summed E-state index contributed by atoms with van der Waals surface area (Å²) >= 11 is 0. The summed E-state index contributed by atoms with van der Waals surface area (Å²) in [5.41, 5.74) is 4.75. The number of nitrogens with one attached hydrogen (secondary N) is 4. The molecule has 1 unspecified atom stereocenters. The maximum atomic E-state index is 15.7. The van der Waals surface area contributed by atoms with E-state index in [2.05, 4.69) is 30.9 Å². The van der Waals surface area contributed by atoms with Crippen molar-refractivity contribution in [3.05, 3.63) is 46.0 Å². The van der Waals surface area contributed by atoms with Crippen LogP contribution in [0.3, 0.4) is 0 Å². The molecule has 0 aromatic carbocycles. The van der Waals surface area contributed by atoms with Crippen LogP contribution in [0.1, 0.15) is 12.2 Å². The van der Waals surface area contributed by atoms with Gasteiger partial charge in [0.2, 0.25) is 29.3 Å². The molecular formula is C20H22FN9O12P2+2. The lowest BCUT2D eigenvalue weighted by Crippen LogP contribution is -2.62. The van der Waals surface area contributed by atoms with Crippen LogP contribution in [0.5, 0.6) is 5.75 Å². The SMILES string of the molecule is Nc1nc2c(ncn2C2=C3C/C(=C\O[P+](O)(O)Oc4c(oc(N5CN[C@@H]6C(=O)NCNC65)c4F)CO[P+](O)(O)O3)O2)c(=O)[nH]1. The van der Waals surface area contributed by atoms with Gasteiger partial charge in [-0.25, -0.2) is 14.1 Å². The fourth-order valence-electron chi connectivity index (χ4n) is 4.83. The Balaban J connectivity index is 1.25. The zero-order valence-corrected chi connectivity index (χ0v) is 23.6. The Labute approximate surface area is 243 Å². The molecule has 2 saturated heterocycles. The average Bonchev–Trinajstić information content (AvgIpc) is 3.72. The largest absolute Gasteiger partial charge is 0.663 e. The van der Waals surface area contributed by atoms with Crippen LogP contribution in [-0.2, 0) is 29.7 Å². The van der Waals surface area contributed by atoms with Gasteiger partial charge in [-0.15, -0.1) is 4.52 Å². The number of aromatic amines is 1. The van der Waals surface area contributed by atoms with Crippen molar-refractivity contribution < 1.29 is 56.0 Å². The lowest BCUT2D eigenvalue weighted by Gasteiger charge is -2.30. The molecule has 3 aromatic rings. The minimum atomic E-state index is -4.91. The van der Waals surface area contributed by atoms with Gasteiger partial charge in [0, 0.05) is 0 Å². The molecule has 4 aliphatic rings. The number of rotatable bonds is 2. The summed E-state index contributed by atoms with van der Waals surface area (Å²) in [5.74, 6) is -4.49. The van der Waals surface area contributed by atoms with Crippen molar-refractivity contribution in [1.82, 2.24) is 35.5 Å². The fraction of sp³-hybridized carbons (Fsp3) is 0.300. The molecule has 21 nitrogen and oxygen atoms in total. The van der Waals surface area contributed by atoms with E-state index in [1.165, 1.54) is 4.90 Å². The number of halogens is 1. The van der Waals surface area contributed by atoms with Gasteiger partial charge in [-0.05, 0) is 0 Å². The zero-order valence-electron chi connectivity index (χ0n) is 21.8. The summed E-state index contributed by atoms with van der Waals surface area (Å²) < 4.78 is 48.8. The quantitative estimate of drug-likeness (QED) is 0.142. The van der Waals surface area contributed by atoms with Gasteiger partial charge in [-0.2, -0.15) is 28.9 Å². The number of fused-ring (bicyclic) bond motifs is 5. The Morgan fingerprint density at radius 2 is 1.95 bits per heavy atom. The van der Waals surface area contributed by atoms with Crippen LogP contribution < -0.4 is 36.7 Å². The van der Waals surface area contributed by atoms with E-state index in [9.17, 15) is 29.2 Å². The number of amides is 1. The second-order valence-corrected chi connectivity index (χ2v) is 12.3. The van der Waals surface area contributed by atoms with Crippen LogP contribution in [0.2, 0.25) is 0 Å². The van der Waals surface area contributed by atoms with Gasteiger partial charge in [0.1, 0.15) is 18.5 Å². The molecule has 2 atom stereocenters. The Bertz CT molecular complexity index is 1810. The van der Waals surface area contributed by atoms with Crippen molar-refractivity contribution >= 4 is 51.1 Å². The molecule has 1 amide bonds. The molecule has 44 heavy (non-hydrogen) atoms. The molecule has 3 aromatic heterocycles. The normalized spacial score (nSPS) is 25.6. The highest BCUT2D eigenvalue weighted by atomic mass is 31.2. The lowest BCUT2D eigenvalue weighted by atomic mass is 10.2. The molecule has 10 N–H and O–H groups in total. The van der Waals surface area contributed by atoms with Crippen LogP contribution in [0, 0.1) is 5.82 Å². The molecule has 0 saturated carbocycles. The molecule has 0 radical (unpaired) electrons. The van der Waals surface area contributed by atoms with E-state index in [4.69, 9.17) is 33.0 Å². The maximum absolute atomic E-state index is 15.7. The first kappa shape index (κ1) is 28.6. The predicted octanol–water partition coefficient (Wildman–Crippen LogP) is -1.47. The average molecular weight is 661 g/mol. The number of nitrogens with zero attached hydrogens (tertiary/aromatic N) is 4. The molecule has 2 fully saturated rings. The Morgan fingerprint density at radius 3 is 2.77 bits per heavy atom. The smallest absolute Gasteiger partial charge is 0.437 e. The minimum Gasteiger partial charge on any atom is -0.437 e. The molecule has 0 spiro atoms. The van der Waals surface area contributed by atoms with Crippen molar-refractivity contribution in [2.75, 3.05) is 24.0 Å². The van der Waals surface area contributed by atoms with Gasteiger partial charge >= 0.3 is 16.3 Å². The summed E-state index contributed by atoms with van der Waals surface area (Å²) in [5, 5.41) is 8.46. The van der Waals surface area contributed by atoms with Gasteiger partial charge < -0.3 is 25.1 Å². The van der Waals surface area contributed by atoms with Gasteiger partial charge in [-0.3, -0.25) is 34.3 Å². The van der Waals surface area contributed by atoms with E-state index in [0.717, 1.165) is 17.2 Å². The van der Waals surface area contributed by atoms with E-state index in [1.54, 1.807) is 0 Å². The van der Waals surface area contributed by atoms with Crippen molar-refractivity contribution in [1.29, 1.82) is 0 Å². The highest BCUT2D eigenvalue weighted by Gasteiger charge is 2.51. The second kappa shape index (κ2) is 10.2. The Morgan fingerprint density at radius 1 is 1.14 bits per heavy atom. The number of nitrogens with two attached hydrogens (primary N) is 1. The summed E-state index contributed by atoms with van der Waals surface area (Å²) in [7, 11) is -9.73. The van der Waals surface area contributed by atoms with Crippen molar-refractivity contribution in [2.45, 2.75) is 25.2 Å². The van der Waals surface area contributed by atoms with Crippen LogP contribution in [0.25, 0.3) is 17.0 Å². The number of nitrogen functional groups attached to an aromatic ring is 1. The Kier molecular flexibility index (Phi) is 6.66. The first-order chi connectivity index (χ1) is 20.9. The maximum Gasteiger partial charge on any atom is 0.663 e. The van der Waals surface area contributed by atoms with Crippen LogP contribution in [0.15, 0.2) is 33.3 Å². The predicted molar refractivity (Wildman–Crippen MR) is 143 cm³/mol. The molecule has 0 aliphatic carbocycles. The third-order valence-corrected chi connectivity index (χ3v) is 8.40. The summed E-state index contributed by atoms with van der Waals surface area (Å²) in [6.45, 7) is -0.898. The first-order valence-electron chi connectivity index (χ1n) is 12.5. The van der Waals surface area contributed by atoms with E-state index in [1.807, 2.05) is 0 Å². The molecular weight excluding hydrogens is 639 g/mol. The van der Waals surface area contributed by atoms with Crippen molar-refractivity contribution in [3.8, 4) is 5.75 Å². The lowest BCUT2D eigenvalue weighted by molar-refractivity contribution is -0.124. The van der Waals surface area contributed by atoms with Crippen LogP contribution in [-0.4, -0.2) is 70.5 Å². The highest BCUT2D eigenvalue weighted by Crippen LogP contribution is 2.60. The van der Waals surface area contributed by atoms with E-state index >= 15 is 4.39 Å². The van der Waals surface area contributed by atoms with Crippen molar-refractivity contribution in [3.63, 3.8) is 0 Å². The van der Waals surface area contributed by atoms with E-state index in [-0.39, 0.29) is 60.2 Å². The van der Waals surface area contributed by atoms with Gasteiger partial charge in [0.25, 0.3) is 17.2 Å². The van der Waals surface area contributed by atoms with E-state index < -0.39 is 63.9 Å². The van der Waals surface area contributed by atoms with E-state index in [0.29, 0.717) is 0 Å². The Hall–Kier alpha value is -4.11. The summed E-state index contributed by atoms with van der Waals surface area (Å²) in [4.78, 5) is 78.5. The number of furan rings is 1. The monoisotopic (exact) mass is 661 g/mol. The number of H-pyrrole nitrogens is 1. The topological polar surface area (TPSA) is 286 Å². The molecule has 7 heterocycles.